The van der Waals surface area contributed by atoms with Crippen molar-refractivity contribution in [1.29, 1.82) is 0 Å². The fourth-order valence-electron chi connectivity index (χ4n) is 9.27. The molecule has 2 aromatic rings. The van der Waals surface area contributed by atoms with Crippen LogP contribution in [0.15, 0.2) is 24.3 Å². The largest absolute Gasteiger partial charge is 0.507 e. The van der Waals surface area contributed by atoms with Crippen LogP contribution in [0.3, 0.4) is 0 Å². The topological polar surface area (TPSA) is 217 Å². The van der Waals surface area contributed by atoms with Gasteiger partial charge in [-0.1, -0.05) is 19.1 Å². The standard InChI is InChI=1S/C42H53NO15/c1-8-42(51)17-28(33-22(35(42)41(50)52-7)14-23-34(38(33)49)37(48)32-21(36(23)47)10-9-11-26(32)45)56-30-15-24(43(5)6)39(19(3)54-30)58-31-16-27(46)40(20(4)55-31)57-29-13-12-25(44)18(2)53-29/h9-11,14,18-20,24,27-31,35,39-40,45-46,49,51H,8,12-13,15-17H2,1-7H3/t18-,19-,20-,24-,27-,28-,29-,30-,31-,35+,39+,40+,42+/m0/s1. The van der Waals surface area contributed by atoms with Gasteiger partial charge in [-0.15, -0.1) is 0 Å². The number of aliphatic hydroxyl groups excluding tert-OH is 1. The Labute approximate surface area is 336 Å². The van der Waals surface area contributed by atoms with Gasteiger partial charge in [-0.2, -0.15) is 0 Å². The number of ether oxygens (including phenoxy) is 7. The molecule has 7 rings (SSSR count). The van der Waals surface area contributed by atoms with Crippen LogP contribution < -0.4 is 0 Å². The Morgan fingerprint density at radius 3 is 2.21 bits per heavy atom. The molecule has 3 saturated heterocycles. The van der Waals surface area contributed by atoms with Crippen LogP contribution in [-0.2, 0) is 42.7 Å². The Kier molecular flexibility index (Phi) is 11.9. The number of fused-ring (bicyclic) bond motifs is 3. The zero-order chi connectivity index (χ0) is 42.0. The summed E-state index contributed by atoms with van der Waals surface area (Å²) in [6.07, 6.45) is -6.64. The Hall–Kier alpha value is -3.84. The minimum atomic E-state index is -1.76. The van der Waals surface area contributed by atoms with Crippen LogP contribution in [0.4, 0.5) is 0 Å². The van der Waals surface area contributed by atoms with Gasteiger partial charge in [0, 0.05) is 54.8 Å². The monoisotopic (exact) mass is 811 g/mol. The molecular formula is C42H53NO15. The third-order valence-corrected chi connectivity index (χ3v) is 12.4. The molecule has 13 atom stereocenters. The lowest BCUT2D eigenvalue weighted by molar-refractivity contribution is -0.324. The molecule has 16 heteroatoms. The average Bonchev–Trinajstić information content (AvgIpc) is 3.17. The van der Waals surface area contributed by atoms with E-state index in [4.69, 9.17) is 33.2 Å². The van der Waals surface area contributed by atoms with E-state index in [9.17, 15) is 39.6 Å². The first-order chi connectivity index (χ1) is 27.5. The van der Waals surface area contributed by atoms with Crippen LogP contribution in [-0.4, -0.2) is 137 Å². The predicted octanol–water partition coefficient (Wildman–Crippen LogP) is 3.16. The molecule has 2 aliphatic carbocycles. The molecule has 0 spiro atoms. The zero-order valence-corrected chi connectivity index (χ0v) is 33.7. The van der Waals surface area contributed by atoms with E-state index in [1.165, 1.54) is 31.4 Å². The summed E-state index contributed by atoms with van der Waals surface area (Å²) in [7, 11) is 4.91. The third kappa shape index (κ3) is 7.47. The van der Waals surface area contributed by atoms with E-state index >= 15 is 0 Å². The molecule has 0 bridgehead atoms. The van der Waals surface area contributed by atoms with E-state index < -0.39 is 102 Å². The molecular weight excluding hydrogens is 758 g/mol. The van der Waals surface area contributed by atoms with Crippen molar-refractivity contribution in [3.63, 3.8) is 0 Å². The summed E-state index contributed by atoms with van der Waals surface area (Å²) in [5, 5.41) is 45.9. The van der Waals surface area contributed by atoms with Crippen molar-refractivity contribution >= 4 is 23.3 Å². The second kappa shape index (κ2) is 16.3. The van der Waals surface area contributed by atoms with Crippen LogP contribution >= 0.6 is 0 Å². The van der Waals surface area contributed by atoms with Crippen molar-refractivity contribution in [3.8, 4) is 11.5 Å². The number of likely N-dealkylation sites (N-methyl/N-ethyl adjacent to an activating group) is 1. The van der Waals surface area contributed by atoms with Gasteiger partial charge >= 0.3 is 5.97 Å². The molecule has 5 aliphatic rings. The molecule has 3 heterocycles. The number of Topliss-reactive ketones (excluding diaryl/α,β-unsaturated/α-hetero) is 1. The molecule has 58 heavy (non-hydrogen) atoms. The van der Waals surface area contributed by atoms with Crippen molar-refractivity contribution in [2.75, 3.05) is 21.2 Å². The van der Waals surface area contributed by atoms with Gasteiger partial charge in [0.2, 0.25) is 5.78 Å². The highest BCUT2D eigenvalue weighted by Crippen LogP contribution is 2.54. The smallest absolute Gasteiger partial charge is 0.316 e. The Morgan fingerprint density at radius 1 is 0.897 bits per heavy atom. The highest BCUT2D eigenvalue weighted by atomic mass is 16.7. The third-order valence-electron chi connectivity index (χ3n) is 12.4. The average molecular weight is 812 g/mol. The molecule has 0 unspecified atom stereocenters. The van der Waals surface area contributed by atoms with E-state index in [2.05, 4.69) is 0 Å². The lowest BCUT2D eigenvalue weighted by atomic mass is 9.67. The number of esters is 1. The van der Waals surface area contributed by atoms with Crippen molar-refractivity contribution < 1.29 is 72.8 Å². The molecule has 0 aromatic heterocycles. The number of nitrogens with zero attached hydrogens (tertiary/aromatic N) is 1. The van der Waals surface area contributed by atoms with Crippen molar-refractivity contribution in [1.82, 2.24) is 4.90 Å². The highest BCUT2D eigenvalue weighted by molar-refractivity contribution is 6.30. The molecule has 0 saturated carbocycles. The molecule has 16 nitrogen and oxygen atoms in total. The molecule has 0 amide bonds. The van der Waals surface area contributed by atoms with Crippen LogP contribution in [0, 0.1) is 0 Å². The highest BCUT2D eigenvalue weighted by Gasteiger charge is 2.53. The van der Waals surface area contributed by atoms with Gasteiger partial charge in [-0.3, -0.25) is 19.2 Å². The summed E-state index contributed by atoms with van der Waals surface area (Å²) < 4.78 is 42.6. The summed E-state index contributed by atoms with van der Waals surface area (Å²) in [4.78, 5) is 55.0. The minimum Gasteiger partial charge on any atom is -0.507 e. The quantitative estimate of drug-likeness (QED) is 0.228. The van der Waals surface area contributed by atoms with Crippen LogP contribution in [0.5, 0.6) is 11.5 Å². The maximum absolute atomic E-state index is 13.9. The van der Waals surface area contributed by atoms with Gasteiger partial charge in [-0.25, -0.2) is 0 Å². The van der Waals surface area contributed by atoms with E-state index in [1.807, 2.05) is 19.0 Å². The fourth-order valence-corrected chi connectivity index (χ4v) is 9.27. The van der Waals surface area contributed by atoms with Crippen LogP contribution in [0.25, 0.3) is 0 Å². The second-order valence-corrected chi connectivity index (χ2v) is 16.3. The normalized spacial score (nSPS) is 36.3. The summed E-state index contributed by atoms with van der Waals surface area (Å²) in [5.74, 6) is -4.59. The van der Waals surface area contributed by atoms with E-state index in [0.29, 0.717) is 12.8 Å². The van der Waals surface area contributed by atoms with Gasteiger partial charge in [0.1, 0.15) is 35.7 Å². The van der Waals surface area contributed by atoms with Gasteiger partial charge < -0.3 is 58.5 Å². The maximum atomic E-state index is 13.9. The number of carbonyl (C=O) groups is 4. The maximum Gasteiger partial charge on any atom is 0.316 e. The Bertz CT molecular complexity index is 1940. The summed E-state index contributed by atoms with van der Waals surface area (Å²) in [6.45, 7) is 6.95. The first kappa shape index (κ1) is 42.3. The number of hydrogen-bond donors (Lipinski definition) is 4. The SMILES string of the molecule is CC[C@@]1(O)C[C@H](O[C@H]2C[C@H](N(C)C)[C@H](O[C@H]3C[C@H](O)[C@H](O[C@H]4CCC(=O)[C@H](C)O4)[C@H](C)O3)[C@H](C)O2)c2c(cc3c(c2O)C(=O)c2c(O)cccc2C3=O)[C@@H]1C(=O)OC. The number of rotatable bonds is 9. The van der Waals surface area contributed by atoms with Gasteiger partial charge in [0.15, 0.2) is 30.4 Å². The van der Waals surface area contributed by atoms with Crippen LogP contribution in [0.2, 0.25) is 0 Å². The minimum absolute atomic E-state index is 0.00573. The predicted molar refractivity (Wildman–Crippen MR) is 201 cm³/mol. The van der Waals surface area contributed by atoms with Gasteiger partial charge in [-0.05, 0) is 59.0 Å². The summed E-state index contributed by atoms with van der Waals surface area (Å²) in [6, 6.07) is 5.11. The lowest BCUT2D eigenvalue weighted by Gasteiger charge is -2.48. The molecule has 0 radical (unpaired) electrons. The molecule has 316 valence electrons. The zero-order valence-electron chi connectivity index (χ0n) is 33.7. The summed E-state index contributed by atoms with van der Waals surface area (Å²) in [5.41, 5.74) is -2.49. The van der Waals surface area contributed by atoms with E-state index in [0.717, 1.165) is 0 Å². The number of methoxy groups -OCH3 is 1. The first-order valence-electron chi connectivity index (χ1n) is 19.9. The van der Waals surface area contributed by atoms with Crippen molar-refractivity contribution in [3.05, 3.63) is 57.6 Å². The van der Waals surface area contributed by atoms with Crippen molar-refractivity contribution in [2.24, 2.45) is 0 Å². The van der Waals surface area contributed by atoms with Crippen LogP contribution in [0.1, 0.15) is 121 Å². The number of phenols is 2. The number of ketones is 3. The number of aromatic hydroxyl groups is 2. The first-order valence-corrected chi connectivity index (χ1v) is 19.9. The number of phenolic OH excluding ortho intramolecular Hbond substituents is 2. The molecule has 2 aromatic carbocycles. The number of hydrogen-bond acceptors (Lipinski definition) is 16. The Morgan fingerprint density at radius 2 is 1.57 bits per heavy atom. The lowest BCUT2D eigenvalue weighted by Crippen LogP contribution is -2.58. The number of benzene rings is 2. The fraction of sp³-hybridized carbons (Fsp3) is 0.619. The Balaban J connectivity index is 1.13. The van der Waals surface area contributed by atoms with E-state index in [1.54, 1.807) is 27.7 Å². The number of carbonyl (C=O) groups excluding carboxylic acids is 4. The van der Waals surface area contributed by atoms with Gasteiger partial charge in [0.05, 0.1) is 48.3 Å². The molecule has 3 aliphatic heterocycles. The van der Waals surface area contributed by atoms with E-state index in [-0.39, 0.29) is 70.9 Å². The van der Waals surface area contributed by atoms with Gasteiger partial charge in [0.25, 0.3) is 0 Å². The van der Waals surface area contributed by atoms with Crippen molar-refractivity contribution in [2.45, 2.75) is 145 Å². The second-order valence-electron chi connectivity index (χ2n) is 16.3. The molecule has 4 N–H and O–H groups in total. The summed E-state index contributed by atoms with van der Waals surface area (Å²) >= 11 is 0. The molecule has 3 fully saturated rings. The number of aliphatic hydroxyl groups is 2.